The van der Waals surface area contributed by atoms with Gasteiger partial charge in [-0.05, 0) is 24.3 Å². The van der Waals surface area contributed by atoms with Gasteiger partial charge in [-0.1, -0.05) is 18.2 Å². The number of hydrogen-bond donors (Lipinski definition) is 1. The number of aromatic nitrogens is 1. The van der Waals surface area contributed by atoms with E-state index >= 15 is 0 Å². The van der Waals surface area contributed by atoms with E-state index in [9.17, 15) is 8.42 Å². The third kappa shape index (κ3) is 1.77. The van der Waals surface area contributed by atoms with Crippen LogP contribution < -0.4 is 5.73 Å². The fraction of sp³-hybridized carbons (Fsp3) is 0. The van der Waals surface area contributed by atoms with Crippen molar-refractivity contribution < 1.29 is 8.42 Å². The van der Waals surface area contributed by atoms with E-state index in [2.05, 4.69) is 4.98 Å². The van der Waals surface area contributed by atoms with Gasteiger partial charge in [0.25, 0.3) is 0 Å². The van der Waals surface area contributed by atoms with E-state index < -0.39 is 9.84 Å². The first-order valence-corrected chi connectivity index (χ1v) is 6.11. The minimum atomic E-state index is -3.61. The molecule has 1 aromatic carbocycles. The van der Waals surface area contributed by atoms with Gasteiger partial charge in [-0.15, -0.1) is 0 Å². The van der Waals surface area contributed by atoms with Crippen LogP contribution in [-0.4, -0.2) is 13.4 Å². The molecule has 0 bridgehead atoms. The van der Waals surface area contributed by atoms with E-state index in [-0.39, 0.29) is 15.6 Å². The summed E-state index contributed by atoms with van der Waals surface area (Å²) < 4.78 is 24.2. The predicted molar refractivity (Wildman–Crippen MR) is 60.5 cm³/mol. The van der Waals surface area contributed by atoms with E-state index in [4.69, 9.17) is 5.73 Å². The highest BCUT2D eigenvalue weighted by molar-refractivity contribution is 7.91. The number of nitrogens with zero attached hydrogens (tertiary/aromatic N) is 1. The van der Waals surface area contributed by atoms with Crippen molar-refractivity contribution in [2.24, 2.45) is 0 Å². The lowest BCUT2D eigenvalue weighted by atomic mass is 10.3. The standard InChI is InChI=1S/C11H10N2O2S/c12-9-5-1-2-6-10(9)16(14,15)11-7-3-4-8-13-11/h1-8H,12H2. The van der Waals surface area contributed by atoms with Gasteiger partial charge in [-0.2, -0.15) is 0 Å². The van der Waals surface area contributed by atoms with Crippen LogP contribution in [0, 0.1) is 0 Å². The lowest BCUT2D eigenvalue weighted by molar-refractivity contribution is 0.593. The molecular weight excluding hydrogens is 224 g/mol. The molecule has 1 heterocycles. The minimum absolute atomic E-state index is 0.00731. The van der Waals surface area contributed by atoms with Gasteiger partial charge in [0, 0.05) is 6.20 Å². The second-order valence-electron chi connectivity index (χ2n) is 3.21. The molecule has 0 saturated heterocycles. The molecule has 0 radical (unpaired) electrons. The molecule has 2 rings (SSSR count). The summed E-state index contributed by atoms with van der Waals surface area (Å²) in [5.74, 6) is 0. The Morgan fingerprint density at radius 3 is 2.31 bits per heavy atom. The van der Waals surface area contributed by atoms with Gasteiger partial charge < -0.3 is 5.73 Å². The number of pyridine rings is 1. The lowest BCUT2D eigenvalue weighted by Crippen LogP contribution is -2.06. The highest BCUT2D eigenvalue weighted by Crippen LogP contribution is 2.23. The average Bonchev–Trinajstić information content (AvgIpc) is 2.30. The summed E-state index contributed by atoms with van der Waals surface area (Å²) in [7, 11) is -3.61. The molecule has 0 amide bonds. The molecule has 0 aliphatic carbocycles. The van der Waals surface area contributed by atoms with Crippen molar-refractivity contribution in [3.8, 4) is 0 Å². The smallest absolute Gasteiger partial charge is 0.225 e. The maximum atomic E-state index is 12.1. The highest BCUT2D eigenvalue weighted by Gasteiger charge is 2.20. The molecule has 4 nitrogen and oxygen atoms in total. The summed E-state index contributed by atoms with van der Waals surface area (Å²) in [4.78, 5) is 3.92. The monoisotopic (exact) mass is 234 g/mol. The molecule has 0 unspecified atom stereocenters. The van der Waals surface area contributed by atoms with E-state index in [0.717, 1.165) is 0 Å². The van der Waals surface area contributed by atoms with Crippen molar-refractivity contribution in [3.63, 3.8) is 0 Å². The summed E-state index contributed by atoms with van der Waals surface area (Å²) in [5, 5.41) is 0.00731. The van der Waals surface area contributed by atoms with Gasteiger partial charge in [0.2, 0.25) is 9.84 Å². The molecule has 2 N–H and O–H groups in total. The number of hydrogen-bond acceptors (Lipinski definition) is 4. The van der Waals surface area contributed by atoms with Crippen LogP contribution in [0.3, 0.4) is 0 Å². The number of anilines is 1. The number of nitrogen functional groups attached to an aromatic ring is 1. The second kappa shape index (κ2) is 3.94. The van der Waals surface area contributed by atoms with Gasteiger partial charge >= 0.3 is 0 Å². The SMILES string of the molecule is Nc1ccccc1S(=O)(=O)c1ccccn1. The van der Waals surface area contributed by atoms with Gasteiger partial charge in [0.15, 0.2) is 5.03 Å². The Balaban J connectivity index is 2.62. The maximum absolute atomic E-state index is 12.1. The third-order valence-corrected chi connectivity index (χ3v) is 3.86. The molecule has 5 heteroatoms. The molecular formula is C11H10N2O2S. The van der Waals surface area contributed by atoms with Crippen molar-refractivity contribution in [1.82, 2.24) is 4.98 Å². The van der Waals surface area contributed by atoms with E-state index in [1.165, 1.54) is 18.3 Å². The van der Waals surface area contributed by atoms with Crippen LogP contribution in [0.25, 0.3) is 0 Å². The molecule has 0 aliphatic heterocycles. The Morgan fingerprint density at radius 2 is 1.69 bits per heavy atom. The average molecular weight is 234 g/mol. The normalized spacial score (nSPS) is 11.2. The number of rotatable bonds is 2. The van der Waals surface area contributed by atoms with Crippen LogP contribution in [0.1, 0.15) is 0 Å². The predicted octanol–water partition coefficient (Wildman–Crippen LogP) is 1.50. The van der Waals surface area contributed by atoms with Crippen molar-refractivity contribution >= 4 is 15.5 Å². The third-order valence-electron chi connectivity index (χ3n) is 2.12. The van der Waals surface area contributed by atoms with Gasteiger partial charge in [-0.3, -0.25) is 0 Å². The molecule has 2 aromatic rings. The lowest BCUT2D eigenvalue weighted by Gasteiger charge is -2.05. The quantitative estimate of drug-likeness (QED) is 0.799. The zero-order valence-corrected chi connectivity index (χ0v) is 9.18. The van der Waals surface area contributed by atoms with Crippen LogP contribution in [0.15, 0.2) is 58.6 Å². The molecule has 0 fully saturated rings. The van der Waals surface area contributed by atoms with Crippen molar-refractivity contribution in [2.75, 3.05) is 5.73 Å². The molecule has 0 saturated carbocycles. The Kier molecular flexibility index (Phi) is 2.62. The van der Waals surface area contributed by atoms with Crippen LogP contribution in [0.4, 0.5) is 5.69 Å². The van der Waals surface area contributed by atoms with Crippen molar-refractivity contribution in [3.05, 3.63) is 48.7 Å². The zero-order valence-electron chi connectivity index (χ0n) is 8.37. The molecule has 82 valence electrons. The molecule has 16 heavy (non-hydrogen) atoms. The van der Waals surface area contributed by atoms with Crippen LogP contribution in [0.5, 0.6) is 0 Å². The highest BCUT2D eigenvalue weighted by atomic mass is 32.2. The van der Waals surface area contributed by atoms with Gasteiger partial charge in [0.1, 0.15) is 0 Å². The Labute approximate surface area is 93.7 Å². The topological polar surface area (TPSA) is 73.1 Å². The Hall–Kier alpha value is -1.88. The summed E-state index contributed by atoms with van der Waals surface area (Å²) in [6, 6.07) is 11.1. The first kappa shape index (κ1) is 10.6. The van der Waals surface area contributed by atoms with Crippen LogP contribution in [-0.2, 0) is 9.84 Å². The van der Waals surface area contributed by atoms with Crippen molar-refractivity contribution in [1.29, 1.82) is 0 Å². The summed E-state index contributed by atoms with van der Waals surface area (Å²) in [6.07, 6.45) is 1.44. The van der Waals surface area contributed by atoms with Crippen LogP contribution in [0.2, 0.25) is 0 Å². The molecule has 1 aromatic heterocycles. The Bertz CT molecular complexity index is 594. The largest absolute Gasteiger partial charge is 0.398 e. The fourth-order valence-corrected chi connectivity index (χ4v) is 2.66. The number of benzene rings is 1. The van der Waals surface area contributed by atoms with Crippen molar-refractivity contribution in [2.45, 2.75) is 9.92 Å². The first-order valence-electron chi connectivity index (χ1n) is 4.63. The molecule has 0 spiro atoms. The first-order chi connectivity index (χ1) is 7.62. The fourth-order valence-electron chi connectivity index (χ4n) is 1.34. The second-order valence-corrected chi connectivity index (χ2v) is 5.07. The summed E-state index contributed by atoms with van der Waals surface area (Å²) in [5.41, 5.74) is 5.87. The Morgan fingerprint density at radius 1 is 1.00 bits per heavy atom. The van der Waals surface area contributed by atoms with Gasteiger partial charge in [0.05, 0.1) is 10.6 Å². The number of nitrogens with two attached hydrogens (primary N) is 1. The van der Waals surface area contributed by atoms with Gasteiger partial charge in [-0.25, -0.2) is 13.4 Å². The summed E-state index contributed by atoms with van der Waals surface area (Å²) in [6.45, 7) is 0. The maximum Gasteiger partial charge on any atom is 0.225 e. The minimum Gasteiger partial charge on any atom is -0.398 e. The van der Waals surface area contributed by atoms with E-state index in [1.54, 1.807) is 30.3 Å². The number of sulfone groups is 1. The van der Waals surface area contributed by atoms with Crippen LogP contribution >= 0.6 is 0 Å². The molecule has 0 atom stereocenters. The summed E-state index contributed by atoms with van der Waals surface area (Å²) >= 11 is 0. The molecule has 0 aliphatic rings. The van der Waals surface area contributed by atoms with E-state index in [1.807, 2.05) is 0 Å². The number of para-hydroxylation sites is 1. The van der Waals surface area contributed by atoms with E-state index in [0.29, 0.717) is 0 Å². The zero-order chi connectivity index (χ0) is 11.6.